The van der Waals surface area contributed by atoms with Crippen molar-refractivity contribution >= 4 is 22.7 Å². The van der Waals surface area contributed by atoms with Gasteiger partial charge in [-0.25, -0.2) is 0 Å². The van der Waals surface area contributed by atoms with E-state index in [1.807, 2.05) is 48.7 Å². The Balaban J connectivity index is 1.74. The van der Waals surface area contributed by atoms with Crippen LogP contribution in [-0.4, -0.2) is 39.4 Å². The topological polar surface area (TPSA) is 54.3 Å². The molecule has 5 nitrogen and oxygen atoms in total. The van der Waals surface area contributed by atoms with Crippen molar-refractivity contribution in [3.05, 3.63) is 36.0 Å². The Morgan fingerprint density at radius 2 is 2.00 bits per heavy atom. The molecule has 0 saturated heterocycles. The maximum atomic E-state index is 13.1. The van der Waals surface area contributed by atoms with Gasteiger partial charge in [0.1, 0.15) is 11.2 Å². The second kappa shape index (κ2) is 5.90. The maximum Gasteiger partial charge on any atom is 0.271 e. The van der Waals surface area contributed by atoms with Crippen LogP contribution in [-0.2, 0) is 11.3 Å². The first-order valence-corrected chi connectivity index (χ1v) is 9.26. The van der Waals surface area contributed by atoms with Crippen molar-refractivity contribution < 1.29 is 9.59 Å². The van der Waals surface area contributed by atoms with Gasteiger partial charge in [0.05, 0.1) is 6.54 Å². The quantitative estimate of drug-likeness (QED) is 0.935. The van der Waals surface area contributed by atoms with E-state index in [0.717, 1.165) is 23.7 Å². The fourth-order valence-electron chi connectivity index (χ4n) is 4.41. The third-order valence-corrected chi connectivity index (χ3v) is 5.83. The van der Waals surface area contributed by atoms with Crippen molar-refractivity contribution in [2.24, 2.45) is 0 Å². The number of aromatic nitrogens is 1. The lowest BCUT2D eigenvalue weighted by atomic mass is 9.94. The highest BCUT2D eigenvalue weighted by molar-refractivity contribution is 6.03. The van der Waals surface area contributed by atoms with Gasteiger partial charge in [0.25, 0.3) is 5.91 Å². The Morgan fingerprint density at radius 3 is 2.72 bits per heavy atom. The lowest BCUT2D eigenvalue weighted by Gasteiger charge is -2.44. The molecule has 25 heavy (non-hydrogen) atoms. The molecule has 1 atom stereocenters. The Hall–Kier alpha value is -2.30. The van der Waals surface area contributed by atoms with Crippen LogP contribution >= 0.6 is 0 Å². The molecule has 2 heterocycles. The Bertz CT molecular complexity index is 835. The molecule has 4 rings (SSSR count). The molecule has 1 N–H and O–H groups in total. The zero-order valence-corrected chi connectivity index (χ0v) is 14.9. The van der Waals surface area contributed by atoms with Crippen LogP contribution in [0.3, 0.4) is 0 Å². The van der Waals surface area contributed by atoms with Gasteiger partial charge in [-0.05, 0) is 38.8 Å². The largest absolute Gasteiger partial charge is 0.351 e. The predicted molar refractivity (Wildman–Crippen MR) is 97.5 cm³/mol. The first-order valence-electron chi connectivity index (χ1n) is 9.26. The summed E-state index contributed by atoms with van der Waals surface area (Å²) in [6, 6.07) is 10.2. The van der Waals surface area contributed by atoms with Gasteiger partial charge in [0, 0.05) is 23.5 Å². The smallest absolute Gasteiger partial charge is 0.271 e. The molecule has 1 aromatic heterocycles. The second-order valence-corrected chi connectivity index (χ2v) is 7.45. The summed E-state index contributed by atoms with van der Waals surface area (Å²) in [5, 5.41) is 4.24. The SMILES string of the molecule is CCN1C(=O)c2cc3ccccc3n2C[C@@]1(C)C(=O)NC1CCCC1. The number of amides is 2. The number of carbonyl (C=O) groups is 2. The molecular weight excluding hydrogens is 314 g/mol. The summed E-state index contributed by atoms with van der Waals surface area (Å²) in [7, 11) is 0. The van der Waals surface area contributed by atoms with Crippen molar-refractivity contribution in [1.29, 1.82) is 0 Å². The molecule has 2 aliphatic rings. The van der Waals surface area contributed by atoms with Crippen LogP contribution in [0.15, 0.2) is 30.3 Å². The molecule has 0 unspecified atom stereocenters. The van der Waals surface area contributed by atoms with E-state index in [1.54, 1.807) is 4.90 Å². The Kier molecular flexibility index (Phi) is 3.82. The number of nitrogens with zero attached hydrogens (tertiary/aromatic N) is 2. The van der Waals surface area contributed by atoms with E-state index in [-0.39, 0.29) is 17.9 Å². The number of fused-ring (bicyclic) bond motifs is 3. The number of nitrogens with one attached hydrogen (secondary N) is 1. The zero-order chi connectivity index (χ0) is 17.6. The minimum atomic E-state index is -0.858. The third-order valence-electron chi connectivity index (χ3n) is 5.83. The number of carbonyl (C=O) groups excluding carboxylic acids is 2. The van der Waals surface area contributed by atoms with E-state index in [2.05, 4.69) is 5.32 Å². The number of rotatable bonds is 3. The summed E-state index contributed by atoms with van der Waals surface area (Å²) in [5.74, 6) is -0.0907. The minimum Gasteiger partial charge on any atom is -0.351 e. The highest BCUT2D eigenvalue weighted by Crippen LogP contribution is 2.32. The van der Waals surface area contributed by atoms with Gasteiger partial charge >= 0.3 is 0 Å². The van der Waals surface area contributed by atoms with Crippen LogP contribution in [0, 0.1) is 0 Å². The van der Waals surface area contributed by atoms with Gasteiger partial charge in [-0.15, -0.1) is 0 Å². The summed E-state index contributed by atoms with van der Waals surface area (Å²) in [6.45, 7) is 4.86. The average Bonchev–Trinajstić information content (AvgIpc) is 3.23. The Morgan fingerprint density at radius 1 is 1.28 bits per heavy atom. The van der Waals surface area contributed by atoms with Crippen LogP contribution in [0.25, 0.3) is 10.9 Å². The number of para-hydroxylation sites is 1. The minimum absolute atomic E-state index is 0.0296. The normalized spacial score (nSPS) is 23.9. The highest BCUT2D eigenvalue weighted by Gasteiger charge is 2.47. The monoisotopic (exact) mass is 339 g/mol. The van der Waals surface area contributed by atoms with Gasteiger partial charge in [0.15, 0.2) is 0 Å². The van der Waals surface area contributed by atoms with E-state index in [9.17, 15) is 9.59 Å². The lowest BCUT2D eigenvalue weighted by molar-refractivity contribution is -0.133. The van der Waals surface area contributed by atoms with Gasteiger partial charge in [0.2, 0.25) is 5.91 Å². The van der Waals surface area contributed by atoms with Gasteiger partial charge in [-0.1, -0.05) is 31.0 Å². The molecule has 2 aromatic rings. The molecule has 1 aliphatic heterocycles. The first-order chi connectivity index (χ1) is 12.0. The van der Waals surface area contributed by atoms with Crippen molar-refractivity contribution in [3.8, 4) is 0 Å². The fraction of sp³-hybridized carbons (Fsp3) is 0.500. The van der Waals surface area contributed by atoms with Crippen LogP contribution in [0.5, 0.6) is 0 Å². The summed E-state index contributed by atoms with van der Waals surface area (Å²) >= 11 is 0. The Labute approximate surface area is 148 Å². The van der Waals surface area contributed by atoms with Gasteiger partial charge < -0.3 is 14.8 Å². The number of benzene rings is 1. The van der Waals surface area contributed by atoms with E-state index in [4.69, 9.17) is 0 Å². The molecule has 1 saturated carbocycles. The summed E-state index contributed by atoms with van der Waals surface area (Å²) in [4.78, 5) is 28.0. The molecule has 1 aromatic carbocycles. The maximum absolute atomic E-state index is 13.1. The van der Waals surface area contributed by atoms with Crippen LogP contribution in [0.2, 0.25) is 0 Å². The molecule has 2 amide bonds. The van der Waals surface area contributed by atoms with Crippen LogP contribution in [0.1, 0.15) is 50.0 Å². The molecular formula is C20H25N3O2. The van der Waals surface area contributed by atoms with Crippen molar-refractivity contribution in [1.82, 2.24) is 14.8 Å². The summed E-state index contributed by atoms with van der Waals surface area (Å²) in [5.41, 5.74) is 0.833. The van der Waals surface area contributed by atoms with Gasteiger partial charge in [-0.2, -0.15) is 0 Å². The number of hydrogen-bond acceptors (Lipinski definition) is 2. The van der Waals surface area contributed by atoms with E-state index in [0.29, 0.717) is 18.8 Å². The molecule has 1 aliphatic carbocycles. The zero-order valence-electron chi connectivity index (χ0n) is 14.9. The standard InChI is InChI=1S/C20H25N3O2/c1-3-23-18(24)17-12-14-8-4-7-11-16(14)22(17)13-20(23,2)19(25)21-15-9-5-6-10-15/h4,7-8,11-12,15H,3,5-6,9-10,13H2,1-2H3,(H,21,25)/t20-/m0/s1. The number of hydrogen-bond donors (Lipinski definition) is 1. The first kappa shape index (κ1) is 16.2. The van der Waals surface area contributed by atoms with Crippen molar-refractivity contribution in [3.63, 3.8) is 0 Å². The van der Waals surface area contributed by atoms with E-state index >= 15 is 0 Å². The van der Waals surface area contributed by atoms with E-state index in [1.165, 1.54) is 12.8 Å². The molecule has 5 heteroatoms. The summed E-state index contributed by atoms with van der Waals surface area (Å²) < 4.78 is 2.01. The molecule has 0 spiro atoms. The van der Waals surface area contributed by atoms with Crippen LogP contribution < -0.4 is 5.32 Å². The van der Waals surface area contributed by atoms with Gasteiger partial charge in [-0.3, -0.25) is 9.59 Å². The van der Waals surface area contributed by atoms with Crippen molar-refractivity contribution in [2.45, 2.75) is 57.7 Å². The second-order valence-electron chi connectivity index (χ2n) is 7.45. The fourth-order valence-corrected chi connectivity index (χ4v) is 4.41. The van der Waals surface area contributed by atoms with E-state index < -0.39 is 5.54 Å². The van der Waals surface area contributed by atoms with Crippen LogP contribution in [0.4, 0.5) is 0 Å². The third kappa shape index (κ3) is 2.44. The van der Waals surface area contributed by atoms with Crippen molar-refractivity contribution in [2.75, 3.05) is 6.54 Å². The molecule has 1 fully saturated rings. The lowest BCUT2D eigenvalue weighted by Crippen LogP contribution is -2.64. The highest BCUT2D eigenvalue weighted by atomic mass is 16.2. The summed E-state index contributed by atoms with van der Waals surface area (Å²) in [6.07, 6.45) is 4.42. The predicted octanol–water partition coefficient (Wildman–Crippen LogP) is 2.93. The number of likely N-dealkylation sites (N-methyl/N-ethyl adjacent to an activating group) is 1. The molecule has 0 bridgehead atoms. The average molecular weight is 339 g/mol. The molecule has 132 valence electrons. The molecule has 0 radical (unpaired) electrons.